The van der Waals surface area contributed by atoms with Crippen LogP contribution >= 0.6 is 0 Å². The maximum atomic E-state index is 11.7. The summed E-state index contributed by atoms with van der Waals surface area (Å²) >= 11 is 0. The summed E-state index contributed by atoms with van der Waals surface area (Å²) < 4.78 is 5.23. The number of esters is 1. The third kappa shape index (κ3) is 11.0. The normalized spacial score (nSPS) is 12.4. The van der Waals surface area contributed by atoms with Gasteiger partial charge >= 0.3 is 5.97 Å². The number of carbonyl (C=O) groups is 1. The van der Waals surface area contributed by atoms with Gasteiger partial charge in [-0.3, -0.25) is 4.79 Å². The van der Waals surface area contributed by atoms with Crippen LogP contribution in [0.25, 0.3) is 0 Å². The second-order valence-electron chi connectivity index (χ2n) is 5.54. The molecule has 2 nitrogen and oxygen atoms in total. The van der Waals surface area contributed by atoms with E-state index in [1.165, 1.54) is 51.4 Å². The molecule has 1 atom stereocenters. The molecule has 0 bridgehead atoms. The van der Waals surface area contributed by atoms with Crippen LogP contribution in [0, 0.1) is 5.92 Å². The van der Waals surface area contributed by atoms with Gasteiger partial charge < -0.3 is 4.74 Å². The number of ether oxygens (including phenoxy) is 1. The first-order valence-corrected chi connectivity index (χ1v) is 8.42. The third-order valence-corrected chi connectivity index (χ3v) is 3.68. The van der Waals surface area contributed by atoms with Crippen molar-refractivity contribution in [1.29, 1.82) is 0 Å². The Bertz CT molecular complexity index is 201. The Hall–Kier alpha value is -0.530. The van der Waals surface area contributed by atoms with Crippen molar-refractivity contribution in [3.63, 3.8) is 0 Å². The standard InChI is InChI=1S/C17H34O2/c1-4-7-8-9-10-11-12-13-14-16(6-3)17(18)19-15-5-2/h16H,4-15H2,1-3H3. The van der Waals surface area contributed by atoms with E-state index in [0.29, 0.717) is 6.61 Å². The molecule has 0 rings (SSSR count). The lowest BCUT2D eigenvalue weighted by atomic mass is 9.98. The van der Waals surface area contributed by atoms with E-state index in [2.05, 4.69) is 13.8 Å². The molecule has 0 saturated carbocycles. The van der Waals surface area contributed by atoms with E-state index in [1.54, 1.807) is 0 Å². The van der Waals surface area contributed by atoms with E-state index in [9.17, 15) is 4.79 Å². The number of hydrogen-bond donors (Lipinski definition) is 0. The Morgan fingerprint density at radius 2 is 1.42 bits per heavy atom. The molecule has 2 heteroatoms. The zero-order valence-electron chi connectivity index (χ0n) is 13.4. The van der Waals surface area contributed by atoms with Crippen LogP contribution in [0.15, 0.2) is 0 Å². The van der Waals surface area contributed by atoms with Crippen LogP contribution in [0.3, 0.4) is 0 Å². The Labute approximate surface area is 120 Å². The number of carbonyl (C=O) groups excluding carboxylic acids is 1. The molecule has 0 aromatic heterocycles. The first-order chi connectivity index (χ1) is 9.26. The fourth-order valence-electron chi connectivity index (χ4n) is 2.33. The summed E-state index contributed by atoms with van der Waals surface area (Å²) in [6.07, 6.45) is 13.4. The lowest BCUT2D eigenvalue weighted by Crippen LogP contribution is -2.17. The van der Waals surface area contributed by atoms with Crippen LogP contribution in [-0.2, 0) is 9.53 Å². The highest BCUT2D eigenvalue weighted by atomic mass is 16.5. The molecule has 0 aromatic carbocycles. The topological polar surface area (TPSA) is 26.3 Å². The van der Waals surface area contributed by atoms with E-state index in [1.807, 2.05) is 6.92 Å². The lowest BCUT2D eigenvalue weighted by Gasteiger charge is -2.13. The summed E-state index contributed by atoms with van der Waals surface area (Å²) in [6, 6.07) is 0. The zero-order valence-corrected chi connectivity index (χ0v) is 13.4. The van der Waals surface area contributed by atoms with E-state index in [0.717, 1.165) is 19.3 Å². The van der Waals surface area contributed by atoms with Crippen molar-refractivity contribution in [2.75, 3.05) is 6.61 Å². The first kappa shape index (κ1) is 18.5. The van der Waals surface area contributed by atoms with Crippen molar-refractivity contribution in [3.8, 4) is 0 Å². The summed E-state index contributed by atoms with van der Waals surface area (Å²) in [6.45, 7) is 6.95. The average Bonchev–Trinajstić information content (AvgIpc) is 2.43. The number of rotatable bonds is 13. The second-order valence-corrected chi connectivity index (χ2v) is 5.54. The lowest BCUT2D eigenvalue weighted by molar-refractivity contribution is -0.149. The van der Waals surface area contributed by atoms with Gasteiger partial charge in [0.05, 0.1) is 12.5 Å². The molecule has 0 fully saturated rings. The summed E-state index contributed by atoms with van der Waals surface area (Å²) in [5.74, 6) is 0.152. The van der Waals surface area contributed by atoms with Crippen LogP contribution in [0.1, 0.15) is 91.4 Å². The molecule has 0 aliphatic rings. The largest absolute Gasteiger partial charge is 0.465 e. The smallest absolute Gasteiger partial charge is 0.308 e. The van der Waals surface area contributed by atoms with Gasteiger partial charge in [0.25, 0.3) is 0 Å². The van der Waals surface area contributed by atoms with Crippen molar-refractivity contribution in [2.24, 2.45) is 5.92 Å². The van der Waals surface area contributed by atoms with Gasteiger partial charge in [0.15, 0.2) is 0 Å². The van der Waals surface area contributed by atoms with E-state index >= 15 is 0 Å². The molecule has 114 valence electrons. The summed E-state index contributed by atoms with van der Waals surface area (Å²) in [4.78, 5) is 11.7. The molecule has 0 N–H and O–H groups in total. The highest BCUT2D eigenvalue weighted by Crippen LogP contribution is 2.17. The maximum Gasteiger partial charge on any atom is 0.308 e. The zero-order chi connectivity index (χ0) is 14.3. The Balaban J connectivity index is 3.48. The van der Waals surface area contributed by atoms with E-state index in [4.69, 9.17) is 4.74 Å². The van der Waals surface area contributed by atoms with Gasteiger partial charge in [0, 0.05) is 0 Å². The molecular weight excluding hydrogens is 236 g/mol. The minimum atomic E-state index is 0.0206. The fraction of sp³-hybridized carbons (Fsp3) is 0.941. The molecule has 19 heavy (non-hydrogen) atoms. The molecule has 0 spiro atoms. The second kappa shape index (κ2) is 13.9. The summed E-state index contributed by atoms with van der Waals surface area (Å²) in [7, 11) is 0. The molecular formula is C17H34O2. The van der Waals surface area contributed by atoms with Crippen LogP contribution in [0.4, 0.5) is 0 Å². The van der Waals surface area contributed by atoms with Crippen LogP contribution < -0.4 is 0 Å². The van der Waals surface area contributed by atoms with Crippen molar-refractivity contribution in [3.05, 3.63) is 0 Å². The van der Waals surface area contributed by atoms with Gasteiger partial charge in [0.1, 0.15) is 0 Å². The molecule has 0 heterocycles. The van der Waals surface area contributed by atoms with Crippen LogP contribution in [0.2, 0.25) is 0 Å². The average molecular weight is 270 g/mol. The van der Waals surface area contributed by atoms with Crippen molar-refractivity contribution >= 4 is 5.97 Å². The molecule has 0 amide bonds. The number of hydrogen-bond acceptors (Lipinski definition) is 2. The van der Waals surface area contributed by atoms with Crippen LogP contribution in [-0.4, -0.2) is 12.6 Å². The molecule has 0 aliphatic carbocycles. The first-order valence-electron chi connectivity index (χ1n) is 8.42. The monoisotopic (exact) mass is 270 g/mol. The van der Waals surface area contributed by atoms with Crippen molar-refractivity contribution < 1.29 is 9.53 Å². The van der Waals surface area contributed by atoms with Gasteiger partial charge in [-0.2, -0.15) is 0 Å². The van der Waals surface area contributed by atoms with E-state index < -0.39 is 0 Å². The van der Waals surface area contributed by atoms with Gasteiger partial charge in [-0.1, -0.05) is 72.1 Å². The SMILES string of the molecule is CCCCCCCCCCC(CC)C(=O)OCCC. The molecule has 0 aromatic rings. The Morgan fingerprint density at radius 1 is 0.842 bits per heavy atom. The maximum absolute atomic E-state index is 11.7. The Morgan fingerprint density at radius 3 is 1.95 bits per heavy atom. The van der Waals surface area contributed by atoms with Crippen molar-refractivity contribution in [1.82, 2.24) is 0 Å². The predicted octanol–water partition coefficient (Wildman–Crippen LogP) is 5.50. The third-order valence-electron chi connectivity index (χ3n) is 3.68. The molecule has 0 radical (unpaired) electrons. The highest BCUT2D eigenvalue weighted by molar-refractivity contribution is 5.72. The Kier molecular flexibility index (Phi) is 13.5. The van der Waals surface area contributed by atoms with Gasteiger partial charge in [-0.15, -0.1) is 0 Å². The minimum absolute atomic E-state index is 0.0206. The highest BCUT2D eigenvalue weighted by Gasteiger charge is 2.16. The fourth-order valence-corrected chi connectivity index (χ4v) is 2.33. The van der Waals surface area contributed by atoms with Gasteiger partial charge in [-0.05, 0) is 19.3 Å². The molecule has 0 aliphatic heterocycles. The van der Waals surface area contributed by atoms with Gasteiger partial charge in [0.2, 0.25) is 0 Å². The predicted molar refractivity (Wildman–Crippen MR) is 82.3 cm³/mol. The minimum Gasteiger partial charge on any atom is -0.465 e. The van der Waals surface area contributed by atoms with E-state index in [-0.39, 0.29) is 11.9 Å². The summed E-state index contributed by atoms with van der Waals surface area (Å²) in [5, 5.41) is 0. The quantitative estimate of drug-likeness (QED) is 0.326. The van der Waals surface area contributed by atoms with Crippen molar-refractivity contribution in [2.45, 2.75) is 91.4 Å². The molecule has 1 unspecified atom stereocenters. The molecule has 0 saturated heterocycles. The summed E-state index contributed by atoms with van der Waals surface area (Å²) in [5.41, 5.74) is 0. The number of unbranched alkanes of at least 4 members (excludes halogenated alkanes) is 7. The van der Waals surface area contributed by atoms with Crippen LogP contribution in [0.5, 0.6) is 0 Å². The van der Waals surface area contributed by atoms with Gasteiger partial charge in [-0.25, -0.2) is 0 Å².